The first-order valence-corrected chi connectivity index (χ1v) is 9.74. The fourth-order valence-electron chi connectivity index (χ4n) is 2.50. The highest BCUT2D eigenvalue weighted by Crippen LogP contribution is 2.19. The maximum atomic E-state index is 12.2. The van der Waals surface area contributed by atoms with Gasteiger partial charge in [0.25, 0.3) is 11.8 Å². The molecule has 152 valence electrons. The Bertz CT molecular complexity index is 1030. The van der Waals surface area contributed by atoms with Gasteiger partial charge in [0.2, 0.25) is 0 Å². The predicted octanol–water partition coefficient (Wildman–Crippen LogP) is 3.72. The van der Waals surface area contributed by atoms with E-state index in [1.165, 1.54) is 0 Å². The van der Waals surface area contributed by atoms with Crippen LogP contribution in [-0.4, -0.2) is 23.5 Å². The van der Waals surface area contributed by atoms with Crippen LogP contribution in [0.1, 0.15) is 10.4 Å². The molecule has 0 heterocycles. The molecule has 0 aliphatic carbocycles. The van der Waals surface area contributed by atoms with E-state index in [1.54, 1.807) is 36.4 Å². The number of benzene rings is 3. The molecule has 2 amide bonds. The van der Waals surface area contributed by atoms with Gasteiger partial charge in [-0.15, -0.1) is 0 Å². The average Bonchev–Trinajstić information content (AvgIpc) is 2.78. The van der Waals surface area contributed by atoms with Crippen molar-refractivity contribution < 1.29 is 14.3 Å². The zero-order chi connectivity index (χ0) is 21.3. The van der Waals surface area contributed by atoms with E-state index in [4.69, 9.17) is 28.6 Å². The van der Waals surface area contributed by atoms with Crippen LogP contribution in [0.2, 0.25) is 5.02 Å². The summed E-state index contributed by atoms with van der Waals surface area (Å²) in [6.07, 6.45) is 0. The summed E-state index contributed by atoms with van der Waals surface area (Å²) < 4.78 is 5.32. The number of halogens is 1. The molecule has 0 radical (unpaired) electrons. The van der Waals surface area contributed by atoms with Gasteiger partial charge in [-0.3, -0.25) is 25.8 Å². The standard InChI is InChI=1S/C22H18ClN3O3S/c23-18-10-12-19(13-11-18)29-14-20(27)24-22(30)26-25-21(28)17-8-6-16(7-9-17)15-4-2-1-3-5-15/h1-13H,14H2,(H,25,28)(H2,24,26,27,30). The second kappa shape index (κ2) is 10.4. The fourth-order valence-corrected chi connectivity index (χ4v) is 2.79. The minimum atomic E-state index is -0.469. The second-order valence-corrected chi connectivity index (χ2v) is 6.99. The third-order valence-electron chi connectivity index (χ3n) is 3.98. The summed E-state index contributed by atoms with van der Waals surface area (Å²) in [5.74, 6) is -0.354. The zero-order valence-electron chi connectivity index (χ0n) is 15.7. The Hall–Kier alpha value is -3.42. The molecule has 0 spiro atoms. The molecular formula is C22H18ClN3O3S. The lowest BCUT2D eigenvalue weighted by Gasteiger charge is -2.11. The summed E-state index contributed by atoms with van der Waals surface area (Å²) in [5, 5.41) is 2.94. The van der Waals surface area contributed by atoms with Gasteiger partial charge in [-0.2, -0.15) is 0 Å². The third kappa shape index (κ3) is 6.30. The van der Waals surface area contributed by atoms with Crippen LogP contribution in [-0.2, 0) is 4.79 Å². The molecule has 0 saturated carbocycles. The van der Waals surface area contributed by atoms with E-state index in [-0.39, 0.29) is 17.6 Å². The van der Waals surface area contributed by atoms with E-state index < -0.39 is 5.91 Å². The summed E-state index contributed by atoms with van der Waals surface area (Å²) in [7, 11) is 0. The minimum Gasteiger partial charge on any atom is -0.484 e. The summed E-state index contributed by atoms with van der Waals surface area (Å²) in [6.45, 7) is -0.238. The van der Waals surface area contributed by atoms with Crippen LogP contribution >= 0.6 is 23.8 Å². The van der Waals surface area contributed by atoms with Crippen molar-refractivity contribution in [3.05, 3.63) is 89.4 Å². The maximum absolute atomic E-state index is 12.2. The first-order chi connectivity index (χ1) is 14.5. The Labute approximate surface area is 184 Å². The Balaban J connectivity index is 1.43. The van der Waals surface area contributed by atoms with Gasteiger partial charge in [0.1, 0.15) is 5.75 Å². The third-order valence-corrected chi connectivity index (χ3v) is 4.44. The summed E-state index contributed by atoms with van der Waals surface area (Å²) in [5.41, 5.74) is 7.45. The second-order valence-electron chi connectivity index (χ2n) is 6.14. The first-order valence-electron chi connectivity index (χ1n) is 8.95. The molecule has 0 bridgehead atoms. The number of hydrogen-bond acceptors (Lipinski definition) is 4. The monoisotopic (exact) mass is 439 g/mol. The number of hydrazine groups is 1. The van der Waals surface area contributed by atoms with Crippen molar-refractivity contribution in [3.8, 4) is 16.9 Å². The molecule has 6 nitrogen and oxygen atoms in total. The van der Waals surface area contributed by atoms with Crippen molar-refractivity contribution >= 4 is 40.7 Å². The van der Waals surface area contributed by atoms with Crippen molar-refractivity contribution in [2.45, 2.75) is 0 Å². The van der Waals surface area contributed by atoms with Crippen LogP contribution in [0.4, 0.5) is 0 Å². The van der Waals surface area contributed by atoms with E-state index in [2.05, 4.69) is 16.2 Å². The van der Waals surface area contributed by atoms with Gasteiger partial charge in [-0.25, -0.2) is 0 Å². The van der Waals surface area contributed by atoms with E-state index in [0.29, 0.717) is 16.3 Å². The van der Waals surface area contributed by atoms with Crippen LogP contribution in [0.3, 0.4) is 0 Å². The Kier molecular flexibility index (Phi) is 7.37. The van der Waals surface area contributed by atoms with Gasteiger partial charge in [0.05, 0.1) is 0 Å². The lowest BCUT2D eigenvalue weighted by atomic mass is 10.0. The number of hydrogen-bond donors (Lipinski definition) is 3. The van der Waals surface area contributed by atoms with E-state index >= 15 is 0 Å². The van der Waals surface area contributed by atoms with Crippen LogP contribution in [0, 0.1) is 0 Å². The first kappa shape index (κ1) is 21.3. The molecule has 0 aromatic heterocycles. The van der Waals surface area contributed by atoms with Crippen LogP contribution in [0.25, 0.3) is 11.1 Å². The van der Waals surface area contributed by atoms with Crippen molar-refractivity contribution in [1.82, 2.24) is 16.2 Å². The topological polar surface area (TPSA) is 79.5 Å². The molecule has 0 fully saturated rings. The molecular weight excluding hydrogens is 422 g/mol. The number of thiocarbonyl (C=S) groups is 1. The number of nitrogens with one attached hydrogen (secondary N) is 3. The van der Waals surface area contributed by atoms with Gasteiger partial charge in [-0.1, -0.05) is 54.1 Å². The van der Waals surface area contributed by atoms with E-state index in [9.17, 15) is 9.59 Å². The molecule has 0 unspecified atom stereocenters. The van der Waals surface area contributed by atoms with Crippen LogP contribution in [0.5, 0.6) is 5.75 Å². The highest BCUT2D eigenvalue weighted by molar-refractivity contribution is 7.80. The largest absolute Gasteiger partial charge is 0.484 e. The number of ether oxygens (including phenoxy) is 1. The summed E-state index contributed by atoms with van der Waals surface area (Å²) in [4.78, 5) is 24.1. The lowest BCUT2D eigenvalue weighted by molar-refractivity contribution is -0.121. The Morgan fingerprint density at radius 1 is 0.833 bits per heavy atom. The molecule has 3 aromatic rings. The van der Waals surface area contributed by atoms with Gasteiger partial charge >= 0.3 is 0 Å². The smallest absolute Gasteiger partial charge is 0.269 e. The summed E-state index contributed by atoms with van der Waals surface area (Å²) in [6, 6.07) is 23.6. The van der Waals surface area contributed by atoms with Gasteiger partial charge in [-0.05, 0) is 59.7 Å². The van der Waals surface area contributed by atoms with E-state index in [0.717, 1.165) is 11.1 Å². The molecule has 3 N–H and O–H groups in total. The number of carbonyl (C=O) groups is 2. The highest BCUT2D eigenvalue weighted by atomic mass is 35.5. The van der Waals surface area contributed by atoms with Crippen LogP contribution in [0.15, 0.2) is 78.9 Å². The fraction of sp³-hybridized carbons (Fsp3) is 0.0455. The number of carbonyl (C=O) groups excluding carboxylic acids is 2. The average molecular weight is 440 g/mol. The molecule has 0 aliphatic rings. The molecule has 0 atom stereocenters. The molecule has 8 heteroatoms. The quantitative estimate of drug-likeness (QED) is 0.417. The van der Waals surface area contributed by atoms with Gasteiger partial charge < -0.3 is 4.74 Å². The van der Waals surface area contributed by atoms with Gasteiger partial charge in [0, 0.05) is 10.6 Å². The number of amides is 2. The normalized spacial score (nSPS) is 10.0. The molecule has 3 aromatic carbocycles. The predicted molar refractivity (Wildman–Crippen MR) is 120 cm³/mol. The molecule has 0 aliphatic heterocycles. The van der Waals surface area contributed by atoms with Crippen molar-refractivity contribution in [3.63, 3.8) is 0 Å². The Morgan fingerprint density at radius 2 is 1.47 bits per heavy atom. The SMILES string of the molecule is O=C(COc1ccc(Cl)cc1)NC(=S)NNC(=O)c1ccc(-c2ccccc2)cc1. The van der Waals surface area contributed by atoms with Crippen molar-refractivity contribution in [1.29, 1.82) is 0 Å². The summed E-state index contributed by atoms with van der Waals surface area (Å²) >= 11 is 10.8. The maximum Gasteiger partial charge on any atom is 0.269 e. The zero-order valence-corrected chi connectivity index (χ0v) is 17.3. The molecule has 30 heavy (non-hydrogen) atoms. The van der Waals surface area contributed by atoms with Crippen LogP contribution < -0.4 is 20.9 Å². The van der Waals surface area contributed by atoms with E-state index in [1.807, 2.05) is 42.5 Å². The molecule has 3 rings (SSSR count). The lowest BCUT2D eigenvalue weighted by Crippen LogP contribution is -2.49. The van der Waals surface area contributed by atoms with Gasteiger partial charge in [0.15, 0.2) is 11.7 Å². The van der Waals surface area contributed by atoms with Crippen molar-refractivity contribution in [2.24, 2.45) is 0 Å². The van der Waals surface area contributed by atoms with Crippen molar-refractivity contribution in [2.75, 3.05) is 6.61 Å². The Morgan fingerprint density at radius 3 is 2.13 bits per heavy atom. The highest BCUT2D eigenvalue weighted by Gasteiger charge is 2.09. The number of rotatable bonds is 5. The minimum absolute atomic E-state index is 0.0473. The molecule has 0 saturated heterocycles.